The van der Waals surface area contributed by atoms with Crippen LogP contribution in [0.2, 0.25) is 10.0 Å². The summed E-state index contributed by atoms with van der Waals surface area (Å²) in [4.78, 5) is 12.2. The lowest BCUT2D eigenvalue weighted by molar-refractivity contribution is 0.0993. The monoisotopic (exact) mass is 293 g/mol. The van der Waals surface area contributed by atoms with Crippen molar-refractivity contribution in [2.45, 2.75) is 13.3 Å². The Bertz CT molecular complexity index is 638. The molecule has 98 valence electrons. The maximum atomic E-state index is 12.2. The molecule has 0 atom stereocenters. The van der Waals surface area contributed by atoms with Crippen LogP contribution in [-0.4, -0.2) is 5.78 Å². The van der Waals surface area contributed by atoms with Gasteiger partial charge < -0.3 is 5.73 Å². The van der Waals surface area contributed by atoms with Crippen LogP contribution in [0.4, 0.5) is 5.69 Å². The number of anilines is 1. The molecular formula is C15H13Cl2NO. The highest BCUT2D eigenvalue weighted by molar-refractivity contribution is 6.35. The van der Waals surface area contributed by atoms with Gasteiger partial charge in [-0.1, -0.05) is 29.3 Å². The van der Waals surface area contributed by atoms with E-state index in [0.29, 0.717) is 21.3 Å². The third-order valence-electron chi connectivity index (χ3n) is 2.96. The molecular weight excluding hydrogens is 281 g/mol. The summed E-state index contributed by atoms with van der Waals surface area (Å²) in [6.07, 6.45) is 0.249. The van der Waals surface area contributed by atoms with Gasteiger partial charge in [-0.05, 0) is 48.4 Å². The van der Waals surface area contributed by atoms with E-state index in [-0.39, 0.29) is 12.2 Å². The minimum absolute atomic E-state index is 0.00678. The summed E-state index contributed by atoms with van der Waals surface area (Å²) >= 11 is 11.9. The normalized spacial score (nSPS) is 10.5. The van der Waals surface area contributed by atoms with E-state index in [4.69, 9.17) is 28.9 Å². The summed E-state index contributed by atoms with van der Waals surface area (Å²) in [5.41, 5.74) is 8.72. The molecule has 0 spiro atoms. The van der Waals surface area contributed by atoms with E-state index in [1.807, 2.05) is 6.92 Å². The van der Waals surface area contributed by atoms with Gasteiger partial charge in [0.1, 0.15) is 0 Å². The number of carbonyl (C=O) groups excluding carboxylic acids is 1. The SMILES string of the molecule is Cc1cc(C(=O)Cc2ccc(Cl)cc2Cl)ccc1N. The van der Waals surface area contributed by atoms with Crippen molar-refractivity contribution in [2.75, 3.05) is 5.73 Å². The lowest BCUT2D eigenvalue weighted by Gasteiger charge is -2.06. The van der Waals surface area contributed by atoms with Crippen LogP contribution >= 0.6 is 23.2 Å². The van der Waals surface area contributed by atoms with Gasteiger partial charge in [-0.25, -0.2) is 0 Å². The second kappa shape index (κ2) is 5.64. The Hall–Kier alpha value is -1.51. The molecule has 2 nitrogen and oxygen atoms in total. The fourth-order valence-electron chi connectivity index (χ4n) is 1.79. The Morgan fingerprint density at radius 3 is 2.53 bits per heavy atom. The summed E-state index contributed by atoms with van der Waals surface area (Å²) in [6.45, 7) is 1.88. The summed E-state index contributed by atoms with van der Waals surface area (Å²) in [6, 6.07) is 10.4. The van der Waals surface area contributed by atoms with Gasteiger partial charge in [0.2, 0.25) is 0 Å². The first kappa shape index (κ1) is 13.9. The standard InChI is InChI=1S/C15H13Cl2NO/c1-9-6-11(3-5-14(9)18)15(19)7-10-2-4-12(16)8-13(10)17/h2-6,8H,7,18H2,1H3. The van der Waals surface area contributed by atoms with E-state index in [0.717, 1.165) is 11.1 Å². The van der Waals surface area contributed by atoms with Crippen molar-refractivity contribution in [1.29, 1.82) is 0 Å². The predicted octanol–water partition coefficient (Wildman–Crippen LogP) is 4.31. The maximum Gasteiger partial charge on any atom is 0.167 e. The topological polar surface area (TPSA) is 43.1 Å². The molecule has 0 saturated carbocycles. The Morgan fingerprint density at radius 2 is 1.89 bits per heavy atom. The van der Waals surface area contributed by atoms with Crippen molar-refractivity contribution >= 4 is 34.7 Å². The number of carbonyl (C=O) groups is 1. The van der Waals surface area contributed by atoms with Gasteiger partial charge in [0.15, 0.2) is 5.78 Å². The van der Waals surface area contributed by atoms with Crippen molar-refractivity contribution in [3.63, 3.8) is 0 Å². The zero-order valence-corrected chi connectivity index (χ0v) is 11.9. The third kappa shape index (κ3) is 3.28. The number of hydrogen-bond acceptors (Lipinski definition) is 2. The van der Waals surface area contributed by atoms with Crippen LogP contribution < -0.4 is 5.73 Å². The largest absolute Gasteiger partial charge is 0.399 e. The van der Waals surface area contributed by atoms with Gasteiger partial charge in [0.25, 0.3) is 0 Å². The number of aryl methyl sites for hydroxylation is 1. The molecule has 0 fully saturated rings. The lowest BCUT2D eigenvalue weighted by Crippen LogP contribution is -2.05. The molecule has 0 aliphatic carbocycles. The number of benzene rings is 2. The van der Waals surface area contributed by atoms with E-state index in [1.54, 1.807) is 36.4 Å². The van der Waals surface area contributed by atoms with Crippen molar-refractivity contribution in [1.82, 2.24) is 0 Å². The first-order valence-electron chi connectivity index (χ1n) is 5.80. The zero-order valence-electron chi connectivity index (χ0n) is 10.4. The second-order valence-corrected chi connectivity index (χ2v) is 5.25. The molecule has 4 heteroatoms. The van der Waals surface area contributed by atoms with Crippen molar-refractivity contribution in [3.8, 4) is 0 Å². The number of nitrogens with two attached hydrogens (primary N) is 1. The molecule has 0 bridgehead atoms. The minimum Gasteiger partial charge on any atom is -0.399 e. The Balaban J connectivity index is 2.23. The van der Waals surface area contributed by atoms with Crippen molar-refractivity contribution in [2.24, 2.45) is 0 Å². The van der Waals surface area contributed by atoms with Gasteiger partial charge in [0.05, 0.1) is 0 Å². The maximum absolute atomic E-state index is 12.2. The highest BCUT2D eigenvalue weighted by Gasteiger charge is 2.11. The number of hydrogen-bond donors (Lipinski definition) is 1. The number of halogens is 2. The summed E-state index contributed by atoms with van der Waals surface area (Å²) in [5.74, 6) is 0.00678. The zero-order chi connectivity index (χ0) is 14.0. The van der Waals surface area contributed by atoms with Crippen LogP contribution in [0, 0.1) is 6.92 Å². The molecule has 0 saturated heterocycles. The fourth-order valence-corrected chi connectivity index (χ4v) is 2.26. The van der Waals surface area contributed by atoms with Gasteiger partial charge in [-0.3, -0.25) is 4.79 Å². The molecule has 0 aromatic heterocycles. The molecule has 0 amide bonds. The molecule has 0 heterocycles. The van der Waals surface area contributed by atoms with E-state index < -0.39 is 0 Å². The average Bonchev–Trinajstić information content (AvgIpc) is 2.36. The van der Waals surface area contributed by atoms with Crippen LogP contribution in [0.3, 0.4) is 0 Å². The first-order valence-corrected chi connectivity index (χ1v) is 6.56. The summed E-state index contributed by atoms with van der Waals surface area (Å²) < 4.78 is 0. The molecule has 0 aliphatic heterocycles. The minimum atomic E-state index is 0.00678. The van der Waals surface area contributed by atoms with Crippen LogP contribution in [0.5, 0.6) is 0 Å². The first-order chi connectivity index (χ1) is 8.97. The molecule has 2 aromatic carbocycles. The number of rotatable bonds is 3. The second-order valence-electron chi connectivity index (χ2n) is 4.41. The van der Waals surface area contributed by atoms with E-state index in [9.17, 15) is 4.79 Å². The van der Waals surface area contributed by atoms with Crippen LogP contribution in [0.25, 0.3) is 0 Å². The van der Waals surface area contributed by atoms with Crippen LogP contribution in [0.15, 0.2) is 36.4 Å². The van der Waals surface area contributed by atoms with Crippen LogP contribution in [0.1, 0.15) is 21.5 Å². The highest BCUT2D eigenvalue weighted by Crippen LogP contribution is 2.23. The van der Waals surface area contributed by atoms with Gasteiger partial charge in [-0.2, -0.15) is 0 Å². The average molecular weight is 294 g/mol. The molecule has 0 radical (unpaired) electrons. The quantitative estimate of drug-likeness (QED) is 0.677. The predicted molar refractivity (Wildman–Crippen MR) is 80.1 cm³/mol. The Labute approximate surface area is 122 Å². The summed E-state index contributed by atoms with van der Waals surface area (Å²) in [5, 5.41) is 1.07. The molecule has 2 N–H and O–H groups in total. The van der Waals surface area contributed by atoms with Gasteiger partial charge in [-0.15, -0.1) is 0 Å². The number of Topliss-reactive ketones (excluding diaryl/α,β-unsaturated/α-hetero) is 1. The van der Waals surface area contributed by atoms with Crippen LogP contribution in [-0.2, 0) is 6.42 Å². The Kier molecular flexibility index (Phi) is 4.13. The molecule has 19 heavy (non-hydrogen) atoms. The summed E-state index contributed by atoms with van der Waals surface area (Å²) in [7, 11) is 0. The Morgan fingerprint density at radius 1 is 1.16 bits per heavy atom. The van der Waals surface area contributed by atoms with E-state index in [2.05, 4.69) is 0 Å². The molecule has 2 aromatic rings. The molecule has 0 unspecified atom stereocenters. The van der Waals surface area contributed by atoms with Gasteiger partial charge >= 0.3 is 0 Å². The van der Waals surface area contributed by atoms with Gasteiger partial charge in [0, 0.05) is 27.7 Å². The van der Waals surface area contributed by atoms with Crippen molar-refractivity contribution < 1.29 is 4.79 Å². The molecule has 0 aliphatic rings. The van der Waals surface area contributed by atoms with E-state index >= 15 is 0 Å². The smallest absolute Gasteiger partial charge is 0.167 e. The molecule has 2 rings (SSSR count). The van der Waals surface area contributed by atoms with Crippen molar-refractivity contribution in [3.05, 3.63) is 63.1 Å². The van der Waals surface area contributed by atoms with E-state index in [1.165, 1.54) is 0 Å². The lowest BCUT2D eigenvalue weighted by atomic mass is 10.0. The highest BCUT2D eigenvalue weighted by atomic mass is 35.5. The number of ketones is 1. The fraction of sp³-hybridized carbons (Fsp3) is 0.133. The third-order valence-corrected chi connectivity index (χ3v) is 3.54. The number of nitrogen functional groups attached to an aromatic ring is 1.